The Bertz CT molecular complexity index is 793. The third-order valence-corrected chi connectivity index (χ3v) is 3.47. The molecule has 0 spiro atoms. The van der Waals surface area contributed by atoms with Crippen LogP contribution in [0.25, 0.3) is 0 Å². The van der Waals surface area contributed by atoms with Gasteiger partial charge in [-0.1, -0.05) is 39.0 Å². The number of allylic oxidation sites excluding steroid dienone is 3. The fourth-order valence-electron chi connectivity index (χ4n) is 2.26. The summed E-state index contributed by atoms with van der Waals surface area (Å²) in [4.78, 5) is 37.7. The third-order valence-electron chi connectivity index (χ3n) is 3.47. The summed E-state index contributed by atoms with van der Waals surface area (Å²) in [5, 5.41) is 0. The monoisotopic (exact) mass is 335 g/mol. The molecule has 1 rings (SSSR count). The van der Waals surface area contributed by atoms with Gasteiger partial charge in [0.05, 0.1) is 13.1 Å². The van der Waals surface area contributed by atoms with Gasteiger partial charge in [-0.05, 0) is 32.6 Å². The molecule has 0 fully saturated rings. The molecule has 0 aliphatic carbocycles. The molecule has 1 heterocycles. The first-order chi connectivity index (χ1) is 10.9. The van der Waals surface area contributed by atoms with Crippen molar-refractivity contribution >= 4 is 0 Å². The van der Waals surface area contributed by atoms with Crippen molar-refractivity contribution in [1.29, 1.82) is 0 Å². The Labute approximate surface area is 142 Å². The number of hydrogen-bond donors (Lipinski definition) is 0. The van der Waals surface area contributed by atoms with Crippen LogP contribution in [0.15, 0.2) is 39.2 Å². The van der Waals surface area contributed by atoms with E-state index in [0.29, 0.717) is 0 Å². The van der Waals surface area contributed by atoms with Crippen LogP contribution < -0.4 is 17.1 Å². The molecule has 0 aliphatic rings. The Kier molecular flexibility index (Phi) is 5.98. The predicted octanol–water partition coefficient (Wildman–Crippen LogP) is 2.11. The fraction of sp³-hybridized carbons (Fsp3) is 0.611. The van der Waals surface area contributed by atoms with Crippen molar-refractivity contribution in [3.63, 3.8) is 0 Å². The van der Waals surface area contributed by atoms with Gasteiger partial charge in [-0.15, -0.1) is 6.58 Å². The number of rotatable bonds is 5. The topological polar surface area (TPSA) is 66.0 Å². The minimum absolute atomic E-state index is 0.0692. The van der Waals surface area contributed by atoms with E-state index in [4.69, 9.17) is 0 Å². The van der Waals surface area contributed by atoms with Crippen LogP contribution in [0, 0.1) is 5.41 Å². The zero-order valence-electron chi connectivity index (χ0n) is 15.6. The molecule has 24 heavy (non-hydrogen) atoms. The summed E-state index contributed by atoms with van der Waals surface area (Å²) in [6, 6.07) is 0. The van der Waals surface area contributed by atoms with E-state index >= 15 is 0 Å². The lowest BCUT2D eigenvalue weighted by Gasteiger charge is -2.23. The Balaban J connectivity index is 3.47. The third kappa shape index (κ3) is 4.69. The first-order valence-electron chi connectivity index (χ1n) is 8.13. The summed E-state index contributed by atoms with van der Waals surface area (Å²) in [6.45, 7) is 15.4. The first-order valence-corrected chi connectivity index (χ1v) is 8.13. The molecule has 0 amide bonds. The largest absolute Gasteiger partial charge is 0.337 e. The summed E-state index contributed by atoms with van der Waals surface area (Å²) >= 11 is 0. The second kappa shape index (κ2) is 7.20. The summed E-state index contributed by atoms with van der Waals surface area (Å²) in [7, 11) is 0. The van der Waals surface area contributed by atoms with E-state index in [1.807, 2.05) is 6.08 Å². The highest BCUT2D eigenvalue weighted by atomic mass is 16.2. The Morgan fingerprint density at radius 1 is 0.833 bits per heavy atom. The molecular formula is C18H29N3O3. The van der Waals surface area contributed by atoms with E-state index in [9.17, 15) is 14.4 Å². The van der Waals surface area contributed by atoms with Gasteiger partial charge in [0.1, 0.15) is 0 Å². The molecule has 0 bridgehead atoms. The molecule has 0 saturated carbocycles. The van der Waals surface area contributed by atoms with E-state index in [1.54, 1.807) is 26.8 Å². The van der Waals surface area contributed by atoms with Crippen LogP contribution in [0.4, 0.5) is 0 Å². The predicted molar refractivity (Wildman–Crippen MR) is 97.6 cm³/mol. The zero-order chi connectivity index (χ0) is 18.7. The minimum Gasteiger partial charge on any atom is -0.247 e. The van der Waals surface area contributed by atoms with Gasteiger partial charge in [0.2, 0.25) is 0 Å². The van der Waals surface area contributed by atoms with Gasteiger partial charge in [-0.25, -0.2) is 28.1 Å². The molecule has 1 aromatic heterocycles. The van der Waals surface area contributed by atoms with Crippen LogP contribution in [0.3, 0.4) is 0 Å². The summed E-state index contributed by atoms with van der Waals surface area (Å²) in [5.74, 6) is 0. The van der Waals surface area contributed by atoms with E-state index in [0.717, 1.165) is 20.1 Å². The van der Waals surface area contributed by atoms with Gasteiger partial charge >= 0.3 is 17.1 Å². The van der Waals surface area contributed by atoms with Crippen LogP contribution in [-0.4, -0.2) is 13.7 Å². The van der Waals surface area contributed by atoms with Crippen LogP contribution in [0.2, 0.25) is 0 Å². The molecular weight excluding hydrogens is 306 g/mol. The Morgan fingerprint density at radius 2 is 1.33 bits per heavy atom. The summed E-state index contributed by atoms with van der Waals surface area (Å²) in [6.07, 6.45) is 6.06. The summed E-state index contributed by atoms with van der Waals surface area (Å²) in [5.41, 5.74) is -2.38. The molecule has 0 aliphatic heterocycles. The maximum atomic E-state index is 12.7. The van der Waals surface area contributed by atoms with Crippen LogP contribution in [0.1, 0.15) is 48.0 Å². The highest BCUT2D eigenvalue weighted by Crippen LogP contribution is 2.18. The number of nitrogens with zero attached hydrogens (tertiary/aromatic N) is 3. The van der Waals surface area contributed by atoms with Crippen molar-refractivity contribution in [3.05, 3.63) is 56.3 Å². The Morgan fingerprint density at radius 3 is 1.75 bits per heavy atom. The highest BCUT2D eigenvalue weighted by Gasteiger charge is 2.23. The first kappa shape index (κ1) is 19.9. The lowest BCUT2D eigenvalue weighted by Crippen LogP contribution is -2.58. The van der Waals surface area contributed by atoms with Gasteiger partial charge in [0.25, 0.3) is 0 Å². The second-order valence-electron chi connectivity index (χ2n) is 8.10. The smallest absolute Gasteiger partial charge is 0.247 e. The van der Waals surface area contributed by atoms with Crippen molar-refractivity contribution in [1.82, 2.24) is 13.7 Å². The van der Waals surface area contributed by atoms with Crippen molar-refractivity contribution in [2.45, 2.75) is 66.6 Å². The molecule has 6 nitrogen and oxygen atoms in total. The molecule has 0 atom stereocenters. The van der Waals surface area contributed by atoms with Crippen LogP contribution in [0.5, 0.6) is 0 Å². The van der Waals surface area contributed by atoms with Crippen molar-refractivity contribution < 1.29 is 0 Å². The van der Waals surface area contributed by atoms with Gasteiger partial charge < -0.3 is 0 Å². The van der Waals surface area contributed by atoms with Crippen molar-refractivity contribution in [2.24, 2.45) is 5.41 Å². The van der Waals surface area contributed by atoms with Crippen LogP contribution in [-0.2, 0) is 18.6 Å². The lowest BCUT2D eigenvalue weighted by atomic mass is 9.92. The molecule has 1 aromatic rings. The second-order valence-corrected chi connectivity index (χ2v) is 8.10. The zero-order valence-corrected chi connectivity index (χ0v) is 15.6. The lowest BCUT2D eigenvalue weighted by molar-refractivity contribution is 0.327. The normalized spacial score (nSPS) is 12.8. The average molecular weight is 335 g/mol. The van der Waals surface area contributed by atoms with Crippen molar-refractivity contribution in [2.75, 3.05) is 0 Å². The fourth-order valence-corrected chi connectivity index (χ4v) is 2.26. The van der Waals surface area contributed by atoms with Gasteiger partial charge in [-0.2, -0.15) is 0 Å². The minimum atomic E-state index is -0.721. The summed E-state index contributed by atoms with van der Waals surface area (Å²) < 4.78 is 3.25. The van der Waals surface area contributed by atoms with Gasteiger partial charge in [0, 0.05) is 5.54 Å². The molecule has 0 unspecified atom stereocenters. The maximum absolute atomic E-state index is 12.7. The Hall–Kier alpha value is -2.11. The van der Waals surface area contributed by atoms with E-state index in [2.05, 4.69) is 27.4 Å². The SMILES string of the molecule is C=CCn1c(=O)n(C/C=C/CC(C)(C)C)c(=O)n(C(C)(C)C)c1=O. The van der Waals surface area contributed by atoms with E-state index < -0.39 is 22.6 Å². The molecule has 0 N–H and O–H groups in total. The molecule has 6 heteroatoms. The maximum Gasteiger partial charge on any atom is 0.337 e. The van der Waals surface area contributed by atoms with Gasteiger partial charge in [-0.3, -0.25) is 0 Å². The van der Waals surface area contributed by atoms with E-state index in [1.165, 1.54) is 6.08 Å². The highest BCUT2D eigenvalue weighted by molar-refractivity contribution is 4.91. The van der Waals surface area contributed by atoms with Crippen molar-refractivity contribution in [3.8, 4) is 0 Å². The standard InChI is InChI=1S/C18H29N3O3/c1-8-12-19-14(22)20(13-10-9-11-17(2,3)4)16(24)21(15(19)23)18(5,6)7/h8-10H,1,11-13H2,2-7H3/b10-9+. The van der Waals surface area contributed by atoms with Gasteiger partial charge in [0.15, 0.2) is 0 Å². The number of aromatic nitrogens is 3. The molecule has 134 valence electrons. The molecule has 0 radical (unpaired) electrons. The van der Waals surface area contributed by atoms with E-state index in [-0.39, 0.29) is 18.5 Å². The molecule has 0 aromatic carbocycles. The quantitative estimate of drug-likeness (QED) is 0.774. The number of hydrogen-bond acceptors (Lipinski definition) is 3. The average Bonchev–Trinajstić information content (AvgIpc) is 2.39. The molecule has 0 saturated heterocycles. The van der Waals surface area contributed by atoms with Crippen LogP contribution >= 0.6 is 0 Å².